The number of aliphatic hydroxyl groups is 1. The first-order valence-electron chi connectivity index (χ1n) is 4.52. The summed E-state index contributed by atoms with van der Waals surface area (Å²) in [6.07, 6.45) is 2.54. The summed E-state index contributed by atoms with van der Waals surface area (Å²) in [5, 5.41) is 15.0. The van der Waals surface area contributed by atoms with Crippen LogP contribution in [-0.2, 0) is 0 Å². The lowest BCUT2D eigenvalue weighted by molar-refractivity contribution is 0.235. The van der Waals surface area contributed by atoms with Gasteiger partial charge in [0, 0.05) is 6.61 Å². The van der Waals surface area contributed by atoms with Crippen LogP contribution in [0.2, 0.25) is 0 Å². The topological polar surface area (TPSA) is 61.7 Å². The molecule has 0 saturated carbocycles. The molecule has 1 aliphatic rings. The van der Waals surface area contributed by atoms with E-state index in [0.29, 0.717) is 12.3 Å². The third-order valence-corrected chi connectivity index (χ3v) is 2.49. The van der Waals surface area contributed by atoms with E-state index in [1.807, 2.05) is 0 Å². The van der Waals surface area contributed by atoms with E-state index in [0.717, 1.165) is 25.9 Å². The van der Waals surface area contributed by atoms with Crippen molar-refractivity contribution < 1.29 is 5.11 Å². The Bertz CT molecular complexity index is 135. The fourth-order valence-electron chi connectivity index (χ4n) is 1.74. The molecule has 12 heavy (non-hydrogen) atoms. The van der Waals surface area contributed by atoms with Gasteiger partial charge in [0.05, 0.1) is 6.04 Å². The molecule has 1 atom stereocenters. The molecule has 0 bridgehead atoms. The van der Waals surface area contributed by atoms with Gasteiger partial charge in [0.25, 0.3) is 0 Å². The van der Waals surface area contributed by atoms with Gasteiger partial charge in [-0.3, -0.25) is 0 Å². The predicted octanol–water partition coefficient (Wildman–Crippen LogP) is 0.503. The number of nitrogens with zero attached hydrogens (tertiary/aromatic N) is 1. The van der Waals surface area contributed by atoms with E-state index in [9.17, 15) is 4.91 Å². The lowest BCUT2D eigenvalue weighted by Gasteiger charge is -2.25. The van der Waals surface area contributed by atoms with Gasteiger partial charge in [0.1, 0.15) is 0 Å². The molecule has 0 radical (unpaired) electrons. The summed E-state index contributed by atoms with van der Waals surface area (Å²) in [5.74, 6) is 0.385. The van der Waals surface area contributed by atoms with E-state index in [4.69, 9.17) is 5.11 Å². The summed E-state index contributed by atoms with van der Waals surface area (Å²) in [5.41, 5.74) is 0. The standard InChI is InChI=1S/C8H16N2O2/c11-6-3-8(10-12)7-1-4-9-5-2-7/h7-9,11H,1-6H2. The molecule has 1 heterocycles. The molecule has 4 nitrogen and oxygen atoms in total. The minimum atomic E-state index is -0.169. The van der Waals surface area contributed by atoms with Crippen LogP contribution in [0.4, 0.5) is 0 Å². The Hall–Kier alpha value is -0.480. The van der Waals surface area contributed by atoms with Crippen LogP contribution in [0, 0.1) is 10.8 Å². The minimum absolute atomic E-state index is 0.0698. The number of hydrogen-bond donors (Lipinski definition) is 2. The van der Waals surface area contributed by atoms with Gasteiger partial charge >= 0.3 is 0 Å². The van der Waals surface area contributed by atoms with Gasteiger partial charge in [-0.1, -0.05) is 5.18 Å². The van der Waals surface area contributed by atoms with Crippen molar-refractivity contribution in [1.29, 1.82) is 0 Å². The second-order valence-electron chi connectivity index (χ2n) is 3.27. The second kappa shape index (κ2) is 5.22. The number of nitrogens with one attached hydrogen (secondary N) is 1. The highest BCUT2D eigenvalue weighted by atomic mass is 16.3. The smallest absolute Gasteiger partial charge is 0.0970 e. The zero-order valence-corrected chi connectivity index (χ0v) is 7.20. The van der Waals surface area contributed by atoms with Crippen LogP contribution in [0.1, 0.15) is 19.3 Å². The van der Waals surface area contributed by atoms with E-state index in [2.05, 4.69) is 10.5 Å². The van der Waals surface area contributed by atoms with E-state index >= 15 is 0 Å². The quantitative estimate of drug-likeness (QED) is 0.607. The first kappa shape index (κ1) is 9.61. The van der Waals surface area contributed by atoms with Crippen LogP contribution in [0.25, 0.3) is 0 Å². The minimum Gasteiger partial charge on any atom is -0.396 e. The van der Waals surface area contributed by atoms with E-state index < -0.39 is 0 Å². The third kappa shape index (κ3) is 2.53. The molecular weight excluding hydrogens is 156 g/mol. The maximum absolute atomic E-state index is 10.4. The molecule has 2 N–H and O–H groups in total. The zero-order valence-electron chi connectivity index (χ0n) is 7.20. The fourth-order valence-corrected chi connectivity index (χ4v) is 1.74. The average molecular weight is 172 g/mol. The second-order valence-corrected chi connectivity index (χ2v) is 3.27. The Kier molecular flexibility index (Phi) is 4.18. The maximum atomic E-state index is 10.4. The lowest BCUT2D eigenvalue weighted by atomic mass is 9.89. The lowest BCUT2D eigenvalue weighted by Crippen LogP contribution is -2.33. The molecule has 0 amide bonds. The van der Waals surface area contributed by atoms with Crippen molar-refractivity contribution in [2.24, 2.45) is 11.1 Å². The molecule has 1 aliphatic heterocycles. The van der Waals surface area contributed by atoms with Crippen LogP contribution in [0.15, 0.2) is 5.18 Å². The molecule has 0 aromatic carbocycles. The van der Waals surface area contributed by atoms with E-state index in [1.54, 1.807) is 0 Å². The summed E-state index contributed by atoms with van der Waals surface area (Å²) in [6.45, 7) is 2.02. The van der Waals surface area contributed by atoms with Gasteiger partial charge in [-0.05, 0) is 38.3 Å². The van der Waals surface area contributed by atoms with Crippen LogP contribution >= 0.6 is 0 Å². The van der Waals surface area contributed by atoms with Crippen molar-refractivity contribution in [1.82, 2.24) is 5.32 Å². The number of aliphatic hydroxyl groups excluding tert-OH is 1. The fraction of sp³-hybridized carbons (Fsp3) is 1.00. The first-order valence-corrected chi connectivity index (χ1v) is 4.52. The van der Waals surface area contributed by atoms with E-state index in [1.165, 1.54) is 0 Å². The van der Waals surface area contributed by atoms with Crippen LogP contribution in [0.3, 0.4) is 0 Å². The summed E-state index contributed by atoms with van der Waals surface area (Å²) in [7, 11) is 0. The highest BCUT2D eigenvalue weighted by molar-refractivity contribution is 4.79. The highest BCUT2D eigenvalue weighted by Crippen LogP contribution is 2.20. The average Bonchev–Trinajstić information content (AvgIpc) is 2.15. The molecule has 4 heteroatoms. The van der Waals surface area contributed by atoms with Crippen LogP contribution < -0.4 is 5.32 Å². The van der Waals surface area contributed by atoms with Gasteiger partial charge in [-0.15, -0.1) is 0 Å². The summed E-state index contributed by atoms with van der Waals surface area (Å²) < 4.78 is 0. The number of nitroso groups, excluding NO2 is 1. The van der Waals surface area contributed by atoms with Crippen LogP contribution in [-0.4, -0.2) is 30.8 Å². The highest BCUT2D eigenvalue weighted by Gasteiger charge is 2.23. The molecule has 0 spiro atoms. The molecule has 0 aromatic heterocycles. The molecule has 1 fully saturated rings. The van der Waals surface area contributed by atoms with Crippen LogP contribution in [0.5, 0.6) is 0 Å². The molecule has 1 saturated heterocycles. The van der Waals surface area contributed by atoms with E-state index in [-0.39, 0.29) is 12.6 Å². The molecule has 0 aliphatic carbocycles. The van der Waals surface area contributed by atoms with Crippen molar-refractivity contribution in [2.75, 3.05) is 19.7 Å². The zero-order chi connectivity index (χ0) is 8.81. The Morgan fingerprint density at radius 1 is 1.50 bits per heavy atom. The Balaban J connectivity index is 2.34. The summed E-state index contributed by atoms with van der Waals surface area (Å²) in [4.78, 5) is 10.4. The van der Waals surface area contributed by atoms with Gasteiger partial charge < -0.3 is 10.4 Å². The predicted molar refractivity (Wildman–Crippen MR) is 46.9 cm³/mol. The maximum Gasteiger partial charge on any atom is 0.0970 e. The number of piperidine rings is 1. The first-order chi connectivity index (χ1) is 5.88. The Morgan fingerprint density at radius 3 is 2.67 bits per heavy atom. The Morgan fingerprint density at radius 2 is 2.17 bits per heavy atom. The molecule has 70 valence electrons. The monoisotopic (exact) mass is 172 g/mol. The third-order valence-electron chi connectivity index (χ3n) is 2.49. The number of rotatable bonds is 4. The molecule has 1 rings (SSSR count). The summed E-state index contributed by atoms with van der Waals surface area (Å²) in [6, 6.07) is -0.169. The molecule has 1 unspecified atom stereocenters. The van der Waals surface area contributed by atoms with Crippen molar-refractivity contribution in [3.63, 3.8) is 0 Å². The molecule has 0 aromatic rings. The normalized spacial score (nSPS) is 22.1. The van der Waals surface area contributed by atoms with Gasteiger partial charge in [-0.25, -0.2) is 0 Å². The van der Waals surface area contributed by atoms with Crippen molar-refractivity contribution in [2.45, 2.75) is 25.3 Å². The van der Waals surface area contributed by atoms with Gasteiger partial charge in [0.15, 0.2) is 0 Å². The van der Waals surface area contributed by atoms with Crippen molar-refractivity contribution in [3.8, 4) is 0 Å². The molecular formula is C8H16N2O2. The Labute approximate surface area is 72.3 Å². The van der Waals surface area contributed by atoms with Gasteiger partial charge in [-0.2, -0.15) is 4.91 Å². The van der Waals surface area contributed by atoms with Crippen molar-refractivity contribution in [3.05, 3.63) is 4.91 Å². The SMILES string of the molecule is O=NC(CCO)C1CCNCC1. The number of hydrogen-bond acceptors (Lipinski definition) is 4. The van der Waals surface area contributed by atoms with Gasteiger partial charge in [0.2, 0.25) is 0 Å². The largest absolute Gasteiger partial charge is 0.396 e. The van der Waals surface area contributed by atoms with Crippen molar-refractivity contribution >= 4 is 0 Å². The summed E-state index contributed by atoms with van der Waals surface area (Å²) >= 11 is 0.